The second-order valence-corrected chi connectivity index (χ2v) is 3.86. The van der Waals surface area contributed by atoms with Crippen LogP contribution in [0.4, 0.5) is 5.82 Å². The molecule has 19 heavy (non-hydrogen) atoms. The van der Waals surface area contributed by atoms with Crippen LogP contribution in [0.2, 0.25) is 0 Å². The Balaban J connectivity index is 2.42. The van der Waals surface area contributed by atoms with Crippen LogP contribution in [0.15, 0.2) is 30.6 Å². The topological polar surface area (TPSA) is 104 Å². The van der Waals surface area contributed by atoms with Gasteiger partial charge in [0.25, 0.3) is 5.91 Å². The number of nitrogen functional groups attached to an aromatic ring is 1. The van der Waals surface area contributed by atoms with Crippen molar-refractivity contribution in [1.82, 2.24) is 9.97 Å². The van der Waals surface area contributed by atoms with Crippen LogP contribution < -0.4 is 16.2 Å². The van der Waals surface area contributed by atoms with Crippen molar-refractivity contribution in [2.24, 2.45) is 5.73 Å². The van der Waals surface area contributed by atoms with Crippen LogP contribution in [0.25, 0.3) is 0 Å². The zero-order valence-corrected chi connectivity index (χ0v) is 10.5. The highest BCUT2D eigenvalue weighted by atomic mass is 16.5. The smallest absolute Gasteiger partial charge is 0.252 e. The van der Waals surface area contributed by atoms with Gasteiger partial charge >= 0.3 is 0 Å². The van der Waals surface area contributed by atoms with Crippen LogP contribution in [0.3, 0.4) is 0 Å². The van der Waals surface area contributed by atoms with Gasteiger partial charge in [0.15, 0.2) is 0 Å². The van der Waals surface area contributed by atoms with Gasteiger partial charge in [0, 0.05) is 0 Å². The number of hydrogen-bond acceptors (Lipinski definition) is 5. The number of benzene rings is 1. The SMILES string of the molecule is CCc1c(N)ncnc1Oc1ccccc1C(N)=O. The summed E-state index contributed by atoms with van der Waals surface area (Å²) in [6, 6.07) is 6.70. The minimum atomic E-state index is -0.560. The number of carbonyl (C=O) groups is 1. The molecule has 0 fully saturated rings. The fourth-order valence-electron chi connectivity index (χ4n) is 1.69. The fourth-order valence-corrected chi connectivity index (χ4v) is 1.69. The molecule has 0 saturated heterocycles. The van der Waals surface area contributed by atoms with Crippen LogP contribution in [-0.2, 0) is 6.42 Å². The largest absolute Gasteiger partial charge is 0.438 e. The number of aromatic nitrogens is 2. The molecule has 1 aromatic carbocycles. The monoisotopic (exact) mass is 258 g/mol. The van der Waals surface area contributed by atoms with Crippen molar-refractivity contribution in [3.05, 3.63) is 41.7 Å². The lowest BCUT2D eigenvalue weighted by Crippen LogP contribution is -2.12. The average Bonchev–Trinajstić information content (AvgIpc) is 2.39. The molecule has 1 heterocycles. The summed E-state index contributed by atoms with van der Waals surface area (Å²) in [6.07, 6.45) is 1.94. The van der Waals surface area contributed by atoms with Gasteiger partial charge in [0.05, 0.1) is 11.1 Å². The van der Waals surface area contributed by atoms with Crippen LogP contribution in [0, 0.1) is 0 Å². The van der Waals surface area contributed by atoms with Crippen LogP contribution in [-0.4, -0.2) is 15.9 Å². The molecular formula is C13H14N4O2. The molecule has 0 aliphatic carbocycles. The Kier molecular flexibility index (Phi) is 3.61. The Morgan fingerprint density at radius 3 is 2.74 bits per heavy atom. The molecule has 4 N–H and O–H groups in total. The predicted octanol–water partition coefficient (Wildman–Crippen LogP) is 1.51. The second kappa shape index (κ2) is 5.34. The molecule has 2 rings (SSSR count). The lowest BCUT2D eigenvalue weighted by Gasteiger charge is -2.11. The number of anilines is 1. The van der Waals surface area contributed by atoms with Gasteiger partial charge in [-0.2, -0.15) is 0 Å². The van der Waals surface area contributed by atoms with Gasteiger partial charge in [0.2, 0.25) is 5.88 Å². The average molecular weight is 258 g/mol. The van der Waals surface area contributed by atoms with Crippen molar-refractivity contribution in [3.8, 4) is 11.6 Å². The van der Waals surface area contributed by atoms with E-state index in [1.54, 1.807) is 24.3 Å². The van der Waals surface area contributed by atoms with Gasteiger partial charge < -0.3 is 16.2 Å². The van der Waals surface area contributed by atoms with Crippen molar-refractivity contribution in [2.75, 3.05) is 5.73 Å². The Hall–Kier alpha value is -2.63. The Morgan fingerprint density at radius 2 is 2.05 bits per heavy atom. The van der Waals surface area contributed by atoms with E-state index >= 15 is 0 Å². The summed E-state index contributed by atoms with van der Waals surface area (Å²) in [6.45, 7) is 1.92. The predicted molar refractivity (Wildman–Crippen MR) is 70.9 cm³/mol. The van der Waals surface area contributed by atoms with Crippen LogP contribution in [0.5, 0.6) is 11.6 Å². The number of hydrogen-bond donors (Lipinski definition) is 2. The second-order valence-electron chi connectivity index (χ2n) is 3.86. The van der Waals surface area contributed by atoms with E-state index in [1.165, 1.54) is 6.33 Å². The van der Waals surface area contributed by atoms with E-state index in [9.17, 15) is 4.79 Å². The highest BCUT2D eigenvalue weighted by molar-refractivity contribution is 5.95. The molecule has 2 aromatic rings. The maximum absolute atomic E-state index is 11.3. The summed E-state index contributed by atoms with van der Waals surface area (Å²) >= 11 is 0. The molecule has 0 spiro atoms. The Labute approximate surface area is 110 Å². The number of para-hydroxylation sites is 1. The molecule has 6 nitrogen and oxygen atoms in total. The van der Waals surface area contributed by atoms with E-state index in [2.05, 4.69) is 9.97 Å². The summed E-state index contributed by atoms with van der Waals surface area (Å²) in [7, 11) is 0. The van der Waals surface area contributed by atoms with Gasteiger partial charge in [-0.15, -0.1) is 0 Å². The zero-order chi connectivity index (χ0) is 13.8. The molecule has 0 atom stereocenters. The highest BCUT2D eigenvalue weighted by Crippen LogP contribution is 2.28. The first-order valence-corrected chi connectivity index (χ1v) is 5.79. The van der Waals surface area contributed by atoms with Crippen molar-refractivity contribution < 1.29 is 9.53 Å². The normalized spacial score (nSPS) is 10.2. The third-order valence-electron chi connectivity index (χ3n) is 2.65. The summed E-state index contributed by atoms with van der Waals surface area (Å²) < 4.78 is 5.64. The molecule has 6 heteroatoms. The molecular weight excluding hydrogens is 244 g/mol. The number of amides is 1. The van der Waals surface area contributed by atoms with E-state index in [1.807, 2.05) is 6.92 Å². The summed E-state index contributed by atoms with van der Waals surface area (Å²) in [5.74, 6) is 0.492. The number of nitrogens with zero attached hydrogens (tertiary/aromatic N) is 2. The number of ether oxygens (including phenoxy) is 1. The maximum atomic E-state index is 11.3. The number of primary amides is 1. The van der Waals surface area contributed by atoms with E-state index in [4.69, 9.17) is 16.2 Å². The Bertz CT molecular complexity index is 613. The van der Waals surface area contributed by atoms with Gasteiger partial charge in [-0.25, -0.2) is 9.97 Å². The molecule has 1 aromatic heterocycles. The van der Waals surface area contributed by atoms with Crippen LogP contribution >= 0.6 is 0 Å². The standard InChI is InChI=1S/C13H14N4O2/c1-2-8-11(14)16-7-17-13(8)19-10-6-4-3-5-9(10)12(15)18/h3-7H,2H2,1H3,(H2,15,18)(H2,14,16,17). The van der Waals surface area contributed by atoms with Crippen LogP contribution in [0.1, 0.15) is 22.8 Å². The molecule has 0 unspecified atom stereocenters. The molecule has 0 bridgehead atoms. The van der Waals surface area contributed by atoms with E-state index in [0.29, 0.717) is 35.0 Å². The highest BCUT2D eigenvalue weighted by Gasteiger charge is 2.13. The van der Waals surface area contributed by atoms with E-state index in [0.717, 1.165) is 0 Å². The quantitative estimate of drug-likeness (QED) is 0.865. The summed E-state index contributed by atoms with van der Waals surface area (Å²) in [5, 5.41) is 0. The molecule has 0 saturated carbocycles. The maximum Gasteiger partial charge on any atom is 0.252 e. The summed E-state index contributed by atoms with van der Waals surface area (Å²) in [5.41, 5.74) is 12.0. The number of rotatable bonds is 4. The first kappa shape index (κ1) is 12.8. The minimum absolute atomic E-state index is 0.293. The molecule has 0 radical (unpaired) electrons. The third-order valence-corrected chi connectivity index (χ3v) is 2.65. The zero-order valence-electron chi connectivity index (χ0n) is 10.5. The fraction of sp³-hybridized carbons (Fsp3) is 0.154. The van der Waals surface area contributed by atoms with Gasteiger partial charge in [0.1, 0.15) is 17.9 Å². The van der Waals surface area contributed by atoms with Gasteiger partial charge in [-0.1, -0.05) is 19.1 Å². The van der Waals surface area contributed by atoms with Crippen molar-refractivity contribution in [2.45, 2.75) is 13.3 Å². The molecule has 98 valence electrons. The van der Waals surface area contributed by atoms with E-state index in [-0.39, 0.29) is 0 Å². The van der Waals surface area contributed by atoms with Crippen molar-refractivity contribution in [1.29, 1.82) is 0 Å². The summed E-state index contributed by atoms with van der Waals surface area (Å²) in [4.78, 5) is 19.3. The molecule has 0 aliphatic rings. The molecule has 0 aliphatic heterocycles. The number of nitrogens with two attached hydrogens (primary N) is 2. The Morgan fingerprint density at radius 1 is 1.32 bits per heavy atom. The molecule has 1 amide bonds. The van der Waals surface area contributed by atoms with Gasteiger partial charge in [-0.3, -0.25) is 4.79 Å². The van der Waals surface area contributed by atoms with Crippen molar-refractivity contribution >= 4 is 11.7 Å². The van der Waals surface area contributed by atoms with Crippen molar-refractivity contribution in [3.63, 3.8) is 0 Å². The van der Waals surface area contributed by atoms with E-state index < -0.39 is 5.91 Å². The lowest BCUT2D eigenvalue weighted by atomic mass is 10.2. The van der Waals surface area contributed by atoms with Gasteiger partial charge in [-0.05, 0) is 18.6 Å². The third kappa shape index (κ3) is 2.62. The lowest BCUT2D eigenvalue weighted by molar-refractivity contribution is 0.0998. The number of carbonyl (C=O) groups excluding carboxylic acids is 1. The first-order valence-electron chi connectivity index (χ1n) is 5.79. The minimum Gasteiger partial charge on any atom is -0.438 e. The first-order chi connectivity index (χ1) is 9.13.